The Labute approximate surface area is 367 Å². The number of rotatable bonds is 10. The monoisotopic (exact) mass is 860 g/mol. The molecule has 4 N–H and O–H groups in total. The van der Waals surface area contributed by atoms with Crippen molar-refractivity contribution in [1.82, 2.24) is 10.6 Å². The number of halogens is 1. The standard InChI is InChI=1S/C50H69ClN2O8/c1-27(2)38-33(54)25-49(36(55)26-52-43(60)50(22-23-50)53-40(56)28-10-12-29(51)13-11-28)21-20-47(8)30(39(38)49)14-15-35-46(7)18-17-37(45(5,6)34(46)16-19-48(35,47)9)61-42(59)32-24-31(41(57)58)44(32,3)4/h10-13,27,30-32,34-37,55H,14-26H2,1-9H3,(H,52,60)(H,53,56)(H,57,58)/t30-,31+,32-,34+,35-,36+,37+,46+,47-,48-,49+/m1/s1. The molecule has 0 unspecified atom stereocenters. The Hall–Kier alpha value is -3.24. The average Bonchev–Trinajstić information content (AvgIpc) is 3.88. The van der Waals surface area contributed by atoms with Crippen LogP contribution in [0.2, 0.25) is 5.02 Å². The summed E-state index contributed by atoms with van der Waals surface area (Å²) in [5.41, 5.74) is -0.377. The van der Waals surface area contributed by atoms with Crippen LogP contribution in [0.25, 0.3) is 0 Å². The Morgan fingerprint density at radius 3 is 2.10 bits per heavy atom. The maximum atomic E-state index is 14.2. The molecule has 61 heavy (non-hydrogen) atoms. The number of hydrogen-bond acceptors (Lipinski definition) is 7. The van der Waals surface area contributed by atoms with Gasteiger partial charge in [-0.05, 0) is 146 Å². The van der Waals surface area contributed by atoms with Gasteiger partial charge in [0.25, 0.3) is 5.91 Å². The zero-order valence-corrected chi connectivity index (χ0v) is 38.6. The van der Waals surface area contributed by atoms with Crippen LogP contribution >= 0.6 is 11.6 Å². The molecular formula is C50H69ClN2O8. The van der Waals surface area contributed by atoms with Gasteiger partial charge in [-0.15, -0.1) is 0 Å². The molecule has 0 aliphatic heterocycles. The number of fused-ring (bicyclic) bond motifs is 7. The van der Waals surface area contributed by atoms with E-state index in [1.54, 1.807) is 24.3 Å². The fraction of sp³-hybridized carbons (Fsp3) is 0.740. The molecule has 6 fully saturated rings. The molecule has 0 radical (unpaired) electrons. The van der Waals surface area contributed by atoms with Gasteiger partial charge in [-0.2, -0.15) is 0 Å². The number of carboxylic acid groups (broad SMARTS) is 1. The number of aliphatic carboxylic acids is 1. The first-order chi connectivity index (χ1) is 28.4. The number of nitrogens with one attached hydrogen (secondary N) is 2. The largest absolute Gasteiger partial charge is 0.481 e. The summed E-state index contributed by atoms with van der Waals surface area (Å²) in [5.74, 6) is -1.70. The highest BCUT2D eigenvalue weighted by Gasteiger charge is 2.71. The van der Waals surface area contributed by atoms with Gasteiger partial charge in [-0.3, -0.25) is 24.0 Å². The molecule has 0 aromatic heterocycles. The van der Waals surface area contributed by atoms with Gasteiger partial charge in [0.15, 0.2) is 5.78 Å². The first kappa shape index (κ1) is 44.4. The number of ether oxygens (including phenoxy) is 1. The van der Waals surface area contributed by atoms with Gasteiger partial charge < -0.3 is 25.6 Å². The molecule has 8 rings (SSSR count). The summed E-state index contributed by atoms with van der Waals surface area (Å²) in [7, 11) is 0. The van der Waals surface area contributed by atoms with E-state index in [4.69, 9.17) is 16.3 Å². The van der Waals surface area contributed by atoms with Gasteiger partial charge in [-0.25, -0.2) is 0 Å². The third-order valence-corrected chi connectivity index (χ3v) is 19.5. The number of ketones is 1. The number of amides is 2. The SMILES string of the molecule is CC(C)C1=C2[C@H]3CC[C@@H]4[C@@]5(C)CC[C@H](OC(=O)[C@H]6C[C@@H](C(=O)O)C6(C)C)C(C)(C)[C@@H]5CC[C@@]4(C)[C@]3(C)CC[C@@]2([C@@H](O)CNC(=O)C2(NC(=O)c3ccc(Cl)cc3)CC2)CC1=O. The number of Topliss-reactive ketones (excluding diaryl/α,β-unsaturated/α-hetero) is 1. The topological polar surface area (TPSA) is 159 Å². The number of hydrogen-bond donors (Lipinski definition) is 4. The highest BCUT2D eigenvalue weighted by atomic mass is 35.5. The highest BCUT2D eigenvalue weighted by Crippen LogP contribution is 2.77. The van der Waals surface area contributed by atoms with E-state index in [2.05, 4.69) is 59.1 Å². The van der Waals surface area contributed by atoms with Crippen molar-refractivity contribution in [2.24, 2.45) is 68.0 Å². The Balaban J connectivity index is 1.00. The van der Waals surface area contributed by atoms with Gasteiger partial charge in [0, 0.05) is 34.4 Å². The third kappa shape index (κ3) is 6.50. The Morgan fingerprint density at radius 1 is 0.820 bits per heavy atom. The molecule has 7 aliphatic rings. The minimum Gasteiger partial charge on any atom is -0.481 e. The van der Waals surface area contributed by atoms with Crippen LogP contribution in [0.15, 0.2) is 35.4 Å². The summed E-state index contributed by atoms with van der Waals surface area (Å²) in [6.07, 6.45) is 7.65. The van der Waals surface area contributed by atoms with Crippen molar-refractivity contribution in [3.8, 4) is 0 Å². The number of carbonyl (C=O) groups is 5. The van der Waals surface area contributed by atoms with Gasteiger partial charge >= 0.3 is 11.9 Å². The molecule has 7 aliphatic carbocycles. The molecular weight excluding hydrogens is 792 g/mol. The molecule has 1 aromatic rings. The summed E-state index contributed by atoms with van der Waals surface area (Å²) in [5, 5.41) is 28.5. The summed E-state index contributed by atoms with van der Waals surface area (Å²) in [4.78, 5) is 66.5. The number of carbonyl (C=O) groups excluding carboxylic acids is 4. The molecule has 0 bridgehead atoms. The molecule has 2 amide bonds. The van der Waals surface area contributed by atoms with Crippen LogP contribution in [0.5, 0.6) is 0 Å². The zero-order chi connectivity index (χ0) is 44.5. The van der Waals surface area contributed by atoms with Crippen LogP contribution in [0.1, 0.15) is 150 Å². The van der Waals surface area contributed by atoms with E-state index in [-0.39, 0.29) is 76.1 Å². The minimum absolute atomic E-state index is 0.00182. The lowest BCUT2D eigenvalue weighted by Gasteiger charge is -2.72. The van der Waals surface area contributed by atoms with Crippen LogP contribution in [0.4, 0.5) is 0 Å². The number of benzene rings is 1. The van der Waals surface area contributed by atoms with E-state index in [1.165, 1.54) is 0 Å². The molecule has 0 spiro atoms. The molecule has 1 aromatic carbocycles. The lowest BCUT2D eigenvalue weighted by Crippen LogP contribution is -2.66. The average molecular weight is 862 g/mol. The second-order valence-electron chi connectivity index (χ2n) is 22.9. The molecule has 0 heterocycles. The van der Waals surface area contributed by atoms with Crippen molar-refractivity contribution in [3.63, 3.8) is 0 Å². The van der Waals surface area contributed by atoms with E-state index >= 15 is 0 Å². The van der Waals surface area contributed by atoms with E-state index < -0.39 is 40.3 Å². The third-order valence-electron chi connectivity index (χ3n) is 19.3. The van der Waals surface area contributed by atoms with Crippen molar-refractivity contribution < 1.29 is 38.9 Å². The quantitative estimate of drug-likeness (QED) is 0.170. The number of allylic oxidation sites excluding steroid dienone is 1. The van der Waals surface area contributed by atoms with Crippen LogP contribution in [-0.4, -0.2) is 64.0 Å². The van der Waals surface area contributed by atoms with Crippen molar-refractivity contribution in [2.75, 3.05) is 6.54 Å². The Kier molecular flexibility index (Phi) is 10.7. The summed E-state index contributed by atoms with van der Waals surface area (Å²) in [6.45, 7) is 20.0. The van der Waals surface area contributed by atoms with E-state index in [9.17, 15) is 34.2 Å². The minimum atomic E-state index is -1.02. The molecule has 6 saturated carbocycles. The smallest absolute Gasteiger partial charge is 0.309 e. The zero-order valence-electron chi connectivity index (χ0n) is 37.8. The maximum absolute atomic E-state index is 14.2. The fourth-order valence-electron chi connectivity index (χ4n) is 15.2. The number of carboxylic acids is 1. The van der Waals surface area contributed by atoms with Gasteiger partial charge in [0.2, 0.25) is 5.91 Å². The Morgan fingerprint density at radius 2 is 1.49 bits per heavy atom. The van der Waals surface area contributed by atoms with Crippen molar-refractivity contribution in [2.45, 2.75) is 157 Å². The summed E-state index contributed by atoms with van der Waals surface area (Å²) < 4.78 is 6.41. The molecule has 334 valence electrons. The number of aliphatic hydroxyl groups excluding tert-OH is 1. The summed E-state index contributed by atoms with van der Waals surface area (Å²) in [6, 6.07) is 6.55. The van der Waals surface area contributed by atoms with Crippen molar-refractivity contribution in [3.05, 3.63) is 46.0 Å². The van der Waals surface area contributed by atoms with Crippen LogP contribution in [0.3, 0.4) is 0 Å². The number of esters is 1. The van der Waals surface area contributed by atoms with Crippen LogP contribution in [0, 0.1) is 68.0 Å². The van der Waals surface area contributed by atoms with Gasteiger partial charge in [-0.1, -0.05) is 79.5 Å². The van der Waals surface area contributed by atoms with Crippen molar-refractivity contribution in [1.29, 1.82) is 0 Å². The predicted molar refractivity (Wildman–Crippen MR) is 232 cm³/mol. The Bertz CT molecular complexity index is 2050. The molecule has 11 atom stereocenters. The maximum Gasteiger partial charge on any atom is 0.309 e. The second kappa shape index (κ2) is 14.6. The predicted octanol–water partition coefficient (Wildman–Crippen LogP) is 8.72. The second-order valence-corrected chi connectivity index (χ2v) is 23.3. The normalized spacial score (nSPS) is 39.4. The van der Waals surface area contributed by atoms with Gasteiger partial charge in [0.1, 0.15) is 11.6 Å². The molecule has 11 heteroatoms. The number of aliphatic hydroxyl groups is 1. The van der Waals surface area contributed by atoms with Crippen LogP contribution in [-0.2, 0) is 23.9 Å². The summed E-state index contributed by atoms with van der Waals surface area (Å²) >= 11 is 6.02. The van der Waals surface area contributed by atoms with E-state index in [0.717, 1.165) is 56.1 Å². The van der Waals surface area contributed by atoms with E-state index in [1.807, 2.05) is 13.8 Å². The first-order valence-electron chi connectivity index (χ1n) is 23.1. The van der Waals surface area contributed by atoms with Gasteiger partial charge in [0.05, 0.1) is 17.9 Å². The van der Waals surface area contributed by atoms with Crippen molar-refractivity contribution >= 4 is 41.1 Å². The molecule has 10 nitrogen and oxygen atoms in total. The molecule has 0 saturated heterocycles. The van der Waals surface area contributed by atoms with Crippen LogP contribution < -0.4 is 10.6 Å². The first-order valence-corrected chi connectivity index (χ1v) is 23.5. The lowest BCUT2D eigenvalue weighted by atomic mass is 9.33. The lowest BCUT2D eigenvalue weighted by molar-refractivity contribution is -0.238. The van der Waals surface area contributed by atoms with E-state index in [0.29, 0.717) is 48.1 Å². The fourth-order valence-corrected chi connectivity index (χ4v) is 15.3. The highest BCUT2D eigenvalue weighted by molar-refractivity contribution is 6.30.